The molecule has 6 heteroatoms. The molecule has 6 nitrogen and oxygen atoms in total. The largest absolute Gasteiger partial charge is 0.374 e. The summed E-state index contributed by atoms with van der Waals surface area (Å²) in [7, 11) is 1.85. The van der Waals surface area contributed by atoms with Crippen LogP contribution in [0.25, 0.3) is 0 Å². The van der Waals surface area contributed by atoms with E-state index in [2.05, 4.69) is 27.5 Å². The highest BCUT2D eigenvalue weighted by Crippen LogP contribution is 2.25. The molecule has 0 spiro atoms. The van der Waals surface area contributed by atoms with Crippen LogP contribution in [0.5, 0.6) is 0 Å². The van der Waals surface area contributed by atoms with Gasteiger partial charge in [0, 0.05) is 32.9 Å². The molecule has 112 valence electrons. The zero-order chi connectivity index (χ0) is 14.4. The molecule has 0 radical (unpaired) electrons. The molecule has 2 heterocycles. The standard InChI is InChI=1S/C14H24N4O2/c1-4-19-9-13-17-11(15-3)8-12(18-13)16-10-14(2)6-5-7-20-14/h8H,4-7,9-10H2,1-3H3,(H2,15,16,17,18). The second kappa shape index (κ2) is 6.85. The van der Waals surface area contributed by atoms with Gasteiger partial charge in [0.05, 0.1) is 5.60 Å². The number of hydrogen-bond donors (Lipinski definition) is 2. The van der Waals surface area contributed by atoms with Gasteiger partial charge in [0.15, 0.2) is 5.82 Å². The fourth-order valence-corrected chi connectivity index (χ4v) is 2.23. The summed E-state index contributed by atoms with van der Waals surface area (Å²) in [5, 5.41) is 6.39. The minimum atomic E-state index is -0.0924. The average molecular weight is 280 g/mol. The molecule has 0 aromatic carbocycles. The van der Waals surface area contributed by atoms with Gasteiger partial charge in [-0.3, -0.25) is 0 Å². The Labute approximate surface area is 120 Å². The van der Waals surface area contributed by atoms with Crippen molar-refractivity contribution >= 4 is 11.6 Å². The van der Waals surface area contributed by atoms with Gasteiger partial charge in [0.25, 0.3) is 0 Å². The zero-order valence-electron chi connectivity index (χ0n) is 12.5. The number of nitrogens with zero attached hydrogens (tertiary/aromatic N) is 2. The third-order valence-electron chi connectivity index (χ3n) is 3.41. The van der Waals surface area contributed by atoms with Crippen LogP contribution in [0.3, 0.4) is 0 Å². The Kier molecular flexibility index (Phi) is 5.14. The molecule has 2 rings (SSSR count). The summed E-state index contributed by atoms with van der Waals surface area (Å²) in [6, 6.07) is 1.90. The summed E-state index contributed by atoms with van der Waals surface area (Å²) < 4.78 is 11.1. The molecule has 0 amide bonds. The van der Waals surface area contributed by atoms with Crippen molar-refractivity contribution in [2.75, 3.05) is 37.4 Å². The van der Waals surface area contributed by atoms with Crippen molar-refractivity contribution in [3.63, 3.8) is 0 Å². The number of aromatic nitrogens is 2. The summed E-state index contributed by atoms with van der Waals surface area (Å²) in [4.78, 5) is 8.84. The molecule has 20 heavy (non-hydrogen) atoms. The lowest BCUT2D eigenvalue weighted by atomic mass is 10.0. The molecule has 1 aliphatic rings. The third kappa shape index (κ3) is 4.05. The van der Waals surface area contributed by atoms with Gasteiger partial charge in [-0.1, -0.05) is 0 Å². The van der Waals surface area contributed by atoms with Crippen LogP contribution in [0.4, 0.5) is 11.6 Å². The number of anilines is 2. The van der Waals surface area contributed by atoms with E-state index >= 15 is 0 Å². The van der Waals surface area contributed by atoms with Gasteiger partial charge >= 0.3 is 0 Å². The average Bonchev–Trinajstić information content (AvgIpc) is 2.90. The highest BCUT2D eigenvalue weighted by atomic mass is 16.5. The highest BCUT2D eigenvalue weighted by molar-refractivity contribution is 5.47. The quantitative estimate of drug-likeness (QED) is 0.796. The van der Waals surface area contributed by atoms with Gasteiger partial charge in [0.2, 0.25) is 0 Å². The minimum absolute atomic E-state index is 0.0924. The molecular formula is C14H24N4O2. The van der Waals surface area contributed by atoms with Crippen LogP contribution in [0, 0.1) is 0 Å². The maximum absolute atomic E-state index is 5.77. The number of nitrogens with one attached hydrogen (secondary N) is 2. The Bertz CT molecular complexity index is 433. The van der Waals surface area contributed by atoms with Crippen molar-refractivity contribution in [1.29, 1.82) is 0 Å². The lowest BCUT2D eigenvalue weighted by Gasteiger charge is -2.23. The monoisotopic (exact) mass is 280 g/mol. The van der Waals surface area contributed by atoms with E-state index in [4.69, 9.17) is 9.47 Å². The molecule has 0 aliphatic carbocycles. The van der Waals surface area contributed by atoms with Gasteiger partial charge in [-0.2, -0.15) is 0 Å². The zero-order valence-corrected chi connectivity index (χ0v) is 12.5. The first-order valence-electron chi connectivity index (χ1n) is 7.16. The van der Waals surface area contributed by atoms with Crippen LogP contribution in [0.2, 0.25) is 0 Å². The van der Waals surface area contributed by atoms with E-state index in [1.807, 2.05) is 20.0 Å². The summed E-state index contributed by atoms with van der Waals surface area (Å²) >= 11 is 0. The molecule has 1 unspecified atom stereocenters. The van der Waals surface area contributed by atoms with E-state index in [0.717, 1.165) is 37.6 Å². The van der Waals surface area contributed by atoms with E-state index in [-0.39, 0.29) is 5.60 Å². The first-order valence-corrected chi connectivity index (χ1v) is 7.16. The summed E-state index contributed by atoms with van der Waals surface area (Å²) in [6.45, 7) is 6.77. The van der Waals surface area contributed by atoms with Gasteiger partial charge < -0.3 is 20.1 Å². The Balaban J connectivity index is 2.01. The van der Waals surface area contributed by atoms with Crippen molar-refractivity contribution < 1.29 is 9.47 Å². The van der Waals surface area contributed by atoms with Crippen molar-refractivity contribution in [3.8, 4) is 0 Å². The SMILES string of the molecule is CCOCc1nc(NC)cc(NCC2(C)CCCO2)n1. The predicted molar refractivity (Wildman–Crippen MR) is 79.0 cm³/mol. The van der Waals surface area contributed by atoms with Crippen LogP contribution in [-0.2, 0) is 16.1 Å². The normalized spacial score (nSPS) is 21.9. The summed E-state index contributed by atoms with van der Waals surface area (Å²) in [5.74, 6) is 2.27. The molecule has 1 fully saturated rings. The smallest absolute Gasteiger partial charge is 0.158 e. The van der Waals surface area contributed by atoms with Gasteiger partial charge in [0.1, 0.15) is 18.2 Å². The van der Waals surface area contributed by atoms with Crippen LogP contribution in [0.1, 0.15) is 32.5 Å². The summed E-state index contributed by atoms with van der Waals surface area (Å²) in [5.41, 5.74) is -0.0924. The van der Waals surface area contributed by atoms with E-state index in [1.54, 1.807) is 0 Å². The molecule has 1 aromatic rings. The molecule has 1 aromatic heterocycles. The van der Waals surface area contributed by atoms with Crippen molar-refractivity contribution in [2.24, 2.45) is 0 Å². The molecule has 2 N–H and O–H groups in total. The van der Waals surface area contributed by atoms with E-state index in [9.17, 15) is 0 Å². The Morgan fingerprint density at radius 1 is 1.40 bits per heavy atom. The van der Waals surface area contributed by atoms with Gasteiger partial charge in [-0.15, -0.1) is 0 Å². The second-order valence-corrected chi connectivity index (χ2v) is 5.20. The highest BCUT2D eigenvalue weighted by Gasteiger charge is 2.29. The van der Waals surface area contributed by atoms with E-state index < -0.39 is 0 Å². The Morgan fingerprint density at radius 2 is 2.20 bits per heavy atom. The molecular weight excluding hydrogens is 256 g/mol. The predicted octanol–water partition coefficient (Wildman–Crippen LogP) is 2.04. The maximum atomic E-state index is 5.77. The molecule has 0 saturated carbocycles. The topological polar surface area (TPSA) is 68.3 Å². The number of ether oxygens (including phenoxy) is 2. The Hall–Kier alpha value is -1.40. The minimum Gasteiger partial charge on any atom is -0.374 e. The van der Waals surface area contributed by atoms with Crippen molar-refractivity contribution in [3.05, 3.63) is 11.9 Å². The van der Waals surface area contributed by atoms with E-state index in [1.165, 1.54) is 0 Å². The fourth-order valence-electron chi connectivity index (χ4n) is 2.23. The van der Waals surface area contributed by atoms with Gasteiger partial charge in [-0.05, 0) is 26.7 Å². The number of rotatable bonds is 7. The van der Waals surface area contributed by atoms with Crippen molar-refractivity contribution in [1.82, 2.24) is 9.97 Å². The Morgan fingerprint density at radius 3 is 2.85 bits per heavy atom. The van der Waals surface area contributed by atoms with Crippen LogP contribution in [0.15, 0.2) is 6.07 Å². The lowest BCUT2D eigenvalue weighted by Crippen LogP contribution is -2.32. The second-order valence-electron chi connectivity index (χ2n) is 5.20. The first-order chi connectivity index (χ1) is 9.65. The molecule has 1 saturated heterocycles. The first kappa shape index (κ1) is 15.0. The van der Waals surface area contributed by atoms with Crippen LogP contribution >= 0.6 is 0 Å². The maximum Gasteiger partial charge on any atom is 0.158 e. The number of hydrogen-bond acceptors (Lipinski definition) is 6. The molecule has 0 bridgehead atoms. The van der Waals surface area contributed by atoms with E-state index in [0.29, 0.717) is 19.0 Å². The molecule has 1 aliphatic heterocycles. The molecule has 1 atom stereocenters. The van der Waals surface area contributed by atoms with Crippen molar-refractivity contribution in [2.45, 2.75) is 38.9 Å². The van der Waals surface area contributed by atoms with Crippen LogP contribution < -0.4 is 10.6 Å². The summed E-state index contributed by atoms with van der Waals surface area (Å²) in [6.07, 6.45) is 2.20. The van der Waals surface area contributed by atoms with Crippen LogP contribution in [-0.4, -0.2) is 42.4 Å². The fraction of sp³-hybridized carbons (Fsp3) is 0.714. The van der Waals surface area contributed by atoms with Gasteiger partial charge in [-0.25, -0.2) is 9.97 Å². The third-order valence-corrected chi connectivity index (χ3v) is 3.41. The lowest BCUT2D eigenvalue weighted by molar-refractivity contribution is 0.0314.